The molecule has 2 heterocycles. The molecule has 1 spiro atoms. The third-order valence-electron chi connectivity index (χ3n) is 6.88. The van der Waals surface area contributed by atoms with Crippen molar-refractivity contribution in [1.29, 1.82) is 0 Å². The van der Waals surface area contributed by atoms with Crippen molar-refractivity contribution in [3.05, 3.63) is 117 Å². The molecule has 36 heavy (non-hydrogen) atoms. The van der Waals surface area contributed by atoms with E-state index in [-0.39, 0.29) is 5.97 Å². The predicted molar refractivity (Wildman–Crippen MR) is 143 cm³/mol. The summed E-state index contributed by atoms with van der Waals surface area (Å²) in [6, 6.07) is 25.6. The predicted octanol–water partition coefficient (Wildman–Crippen LogP) is 6.89. The van der Waals surface area contributed by atoms with Gasteiger partial charge in [-0.3, -0.25) is 0 Å². The van der Waals surface area contributed by atoms with E-state index in [1.807, 2.05) is 98.7 Å². The van der Waals surface area contributed by atoms with Crippen molar-refractivity contribution in [1.82, 2.24) is 0 Å². The molecule has 0 radical (unpaired) electrons. The van der Waals surface area contributed by atoms with Crippen molar-refractivity contribution in [2.75, 3.05) is 24.3 Å². The van der Waals surface area contributed by atoms with Crippen LogP contribution in [0.3, 0.4) is 0 Å². The second kappa shape index (κ2) is 8.32. The number of ether oxygens (including phenoxy) is 2. The minimum absolute atomic E-state index is 0.337. The first kappa shape index (κ1) is 22.5. The van der Waals surface area contributed by atoms with E-state index in [9.17, 15) is 4.79 Å². The molecule has 0 aliphatic carbocycles. The van der Waals surface area contributed by atoms with Gasteiger partial charge in [0.05, 0.1) is 16.3 Å². The molecule has 0 bridgehead atoms. The van der Waals surface area contributed by atoms with Gasteiger partial charge in [0.25, 0.3) is 0 Å². The van der Waals surface area contributed by atoms with Gasteiger partial charge in [-0.25, -0.2) is 4.79 Å². The molecule has 1 unspecified atom stereocenters. The number of halogens is 1. The lowest BCUT2D eigenvalue weighted by molar-refractivity contribution is 0.0224. The van der Waals surface area contributed by atoms with E-state index in [0.29, 0.717) is 28.6 Å². The first-order valence-corrected chi connectivity index (χ1v) is 12.2. The second-order valence-corrected chi connectivity index (χ2v) is 9.87. The number of hydrogen-bond donors (Lipinski definition) is 1. The zero-order valence-corrected chi connectivity index (χ0v) is 21.0. The van der Waals surface area contributed by atoms with Gasteiger partial charge in [0, 0.05) is 49.1 Å². The molecule has 0 aromatic heterocycles. The van der Waals surface area contributed by atoms with E-state index in [1.54, 1.807) is 0 Å². The van der Waals surface area contributed by atoms with Crippen molar-refractivity contribution < 1.29 is 14.3 Å². The third kappa shape index (κ3) is 3.42. The highest BCUT2D eigenvalue weighted by Gasteiger charge is 2.53. The quantitative estimate of drug-likeness (QED) is 0.311. The van der Waals surface area contributed by atoms with Crippen LogP contribution in [-0.2, 0) is 16.9 Å². The summed E-state index contributed by atoms with van der Waals surface area (Å²) in [6.07, 6.45) is 0. The normalized spacial score (nSPS) is 17.1. The smallest absolute Gasteiger partial charge is 0.340 e. The van der Waals surface area contributed by atoms with Crippen molar-refractivity contribution >= 4 is 28.9 Å². The summed E-state index contributed by atoms with van der Waals surface area (Å²) in [5.74, 6) is 1.01. The fourth-order valence-electron chi connectivity index (χ4n) is 5.06. The van der Waals surface area contributed by atoms with Crippen molar-refractivity contribution in [3.8, 4) is 11.5 Å². The van der Waals surface area contributed by atoms with Crippen molar-refractivity contribution in [3.63, 3.8) is 0 Å². The van der Waals surface area contributed by atoms with Crippen LogP contribution in [0.2, 0.25) is 5.02 Å². The van der Waals surface area contributed by atoms with Gasteiger partial charge in [-0.15, -0.1) is 0 Å². The van der Waals surface area contributed by atoms with Crippen LogP contribution in [0, 0.1) is 6.92 Å². The first-order chi connectivity index (χ1) is 17.4. The van der Waals surface area contributed by atoms with Crippen LogP contribution in [0.5, 0.6) is 11.5 Å². The van der Waals surface area contributed by atoms with Gasteiger partial charge in [-0.2, -0.15) is 0 Å². The van der Waals surface area contributed by atoms with Crippen LogP contribution in [-0.4, -0.2) is 20.1 Å². The highest BCUT2D eigenvalue weighted by Crippen LogP contribution is 2.56. The summed E-state index contributed by atoms with van der Waals surface area (Å²) >= 11 is 6.43. The molecular weight excluding hydrogens is 472 g/mol. The van der Waals surface area contributed by atoms with Gasteiger partial charge in [0.15, 0.2) is 5.60 Å². The monoisotopic (exact) mass is 496 g/mol. The van der Waals surface area contributed by atoms with E-state index < -0.39 is 5.60 Å². The molecule has 1 atom stereocenters. The maximum Gasteiger partial charge on any atom is 0.340 e. The van der Waals surface area contributed by atoms with Crippen LogP contribution in [0.4, 0.5) is 11.4 Å². The molecule has 4 aromatic rings. The lowest BCUT2D eigenvalue weighted by Crippen LogP contribution is -2.33. The Balaban J connectivity index is 1.48. The molecule has 2 aliphatic rings. The fraction of sp³-hybridized carbons (Fsp3) is 0.167. The maximum atomic E-state index is 13.1. The molecule has 5 nitrogen and oxygen atoms in total. The Bertz CT molecular complexity index is 1530. The fourth-order valence-corrected chi connectivity index (χ4v) is 5.36. The van der Waals surface area contributed by atoms with E-state index >= 15 is 0 Å². The second-order valence-electron chi connectivity index (χ2n) is 9.46. The number of nitrogens with one attached hydrogen (secondary N) is 1. The van der Waals surface area contributed by atoms with Crippen molar-refractivity contribution in [2.45, 2.75) is 19.1 Å². The van der Waals surface area contributed by atoms with Gasteiger partial charge in [-0.05, 0) is 60.5 Å². The van der Waals surface area contributed by atoms with Crippen LogP contribution in [0.1, 0.15) is 38.2 Å². The zero-order chi connectivity index (χ0) is 25.0. The zero-order valence-electron chi connectivity index (χ0n) is 20.3. The third-order valence-corrected chi connectivity index (χ3v) is 7.20. The van der Waals surface area contributed by atoms with E-state index in [4.69, 9.17) is 21.1 Å². The van der Waals surface area contributed by atoms with Crippen LogP contribution >= 0.6 is 11.6 Å². The average molecular weight is 497 g/mol. The van der Waals surface area contributed by atoms with Crippen molar-refractivity contribution in [2.24, 2.45) is 0 Å². The first-order valence-electron chi connectivity index (χ1n) is 11.8. The number of anilines is 2. The van der Waals surface area contributed by atoms with E-state index in [2.05, 4.69) is 11.4 Å². The number of carbonyl (C=O) groups excluding carboxylic acids is 1. The maximum absolute atomic E-state index is 13.1. The SMILES string of the molecule is Cc1ccc(NCc2ccc3c(c2)C2(OC(=O)c4ccccc42)c2ccc(N(C)C)cc2O3)c(Cl)c1. The van der Waals surface area contributed by atoms with Gasteiger partial charge < -0.3 is 19.7 Å². The highest BCUT2D eigenvalue weighted by molar-refractivity contribution is 6.33. The summed E-state index contributed by atoms with van der Waals surface area (Å²) in [6.45, 7) is 2.56. The molecular formula is C30H25ClN2O3. The van der Waals surface area contributed by atoms with Gasteiger partial charge in [0.1, 0.15) is 11.5 Å². The Hall–Kier alpha value is -3.96. The number of fused-ring (bicyclic) bond motifs is 6. The lowest BCUT2D eigenvalue weighted by Gasteiger charge is -2.37. The molecule has 0 saturated heterocycles. The molecule has 0 fully saturated rings. The Labute approximate surface area is 215 Å². The van der Waals surface area contributed by atoms with Gasteiger partial charge >= 0.3 is 5.97 Å². The van der Waals surface area contributed by atoms with E-state index in [0.717, 1.165) is 39.2 Å². The summed E-state index contributed by atoms with van der Waals surface area (Å²) in [4.78, 5) is 15.1. The largest absolute Gasteiger partial charge is 0.456 e. The number of rotatable bonds is 4. The molecule has 6 heteroatoms. The number of nitrogens with zero attached hydrogens (tertiary/aromatic N) is 1. The minimum Gasteiger partial charge on any atom is -0.456 e. The molecule has 0 amide bonds. The Kier molecular flexibility index (Phi) is 5.20. The number of aryl methyl sites for hydroxylation is 1. The topological polar surface area (TPSA) is 50.8 Å². The summed E-state index contributed by atoms with van der Waals surface area (Å²) < 4.78 is 12.7. The number of carbonyl (C=O) groups is 1. The highest BCUT2D eigenvalue weighted by atomic mass is 35.5. The molecule has 0 saturated carbocycles. The van der Waals surface area contributed by atoms with Crippen LogP contribution in [0.15, 0.2) is 78.9 Å². The summed E-state index contributed by atoms with van der Waals surface area (Å²) in [5.41, 5.74) is 5.92. The number of esters is 1. The van der Waals surface area contributed by atoms with Gasteiger partial charge in [0.2, 0.25) is 0 Å². The molecule has 4 aromatic carbocycles. The lowest BCUT2D eigenvalue weighted by atomic mass is 9.77. The summed E-state index contributed by atoms with van der Waals surface area (Å²) in [5, 5.41) is 4.10. The molecule has 6 rings (SSSR count). The van der Waals surface area contributed by atoms with Crippen LogP contribution < -0.4 is 15.0 Å². The molecule has 2 aliphatic heterocycles. The Morgan fingerprint density at radius 1 is 0.889 bits per heavy atom. The van der Waals surface area contributed by atoms with Gasteiger partial charge in [-0.1, -0.05) is 41.9 Å². The van der Waals surface area contributed by atoms with Crippen LogP contribution in [0.25, 0.3) is 0 Å². The average Bonchev–Trinajstić information content (AvgIpc) is 3.16. The minimum atomic E-state index is -1.08. The molecule has 180 valence electrons. The summed E-state index contributed by atoms with van der Waals surface area (Å²) in [7, 11) is 3.97. The Morgan fingerprint density at radius 3 is 2.53 bits per heavy atom. The molecule has 1 N–H and O–H groups in total. The number of hydrogen-bond acceptors (Lipinski definition) is 5. The Morgan fingerprint density at radius 2 is 1.72 bits per heavy atom. The standard InChI is InChI=1S/C30H25ClN2O3/c1-18-8-12-26(25(31)14-18)32-17-19-9-13-27-24(15-19)30(22-7-5-4-6-21(22)29(34)36-30)23-11-10-20(33(2)3)16-28(23)35-27/h4-16,32H,17H2,1-3H3. The van der Waals surface area contributed by atoms with E-state index in [1.165, 1.54) is 0 Å². The number of benzene rings is 4.